The van der Waals surface area contributed by atoms with Gasteiger partial charge in [0.25, 0.3) is 0 Å². The molecule has 1 N–H and O–H groups in total. The van der Waals surface area contributed by atoms with Crippen LogP contribution in [0.4, 0.5) is 0 Å². The summed E-state index contributed by atoms with van der Waals surface area (Å²) in [5, 5.41) is 9.68. The van der Waals surface area contributed by atoms with Crippen LogP contribution in [-0.2, 0) is 0 Å². The van der Waals surface area contributed by atoms with Crippen LogP contribution in [-0.4, -0.2) is 17.0 Å². The van der Waals surface area contributed by atoms with Crippen LogP contribution >= 0.6 is 11.8 Å². The lowest BCUT2D eigenvalue weighted by atomic mass is 10.2. The van der Waals surface area contributed by atoms with Gasteiger partial charge in [-0.05, 0) is 37.8 Å². The molecule has 1 unspecified atom stereocenters. The van der Waals surface area contributed by atoms with E-state index in [0.717, 1.165) is 5.75 Å². The summed E-state index contributed by atoms with van der Waals surface area (Å²) >= 11 is 1.76. The number of thioether (sulfide) groups is 1. The van der Waals surface area contributed by atoms with Gasteiger partial charge in [-0.2, -0.15) is 0 Å². The van der Waals surface area contributed by atoms with Crippen molar-refractivity contribution in [2.24, 2.45) is 5.92 Å². The predicted molar refractivity (Wildman–Crippen MR) is 60.6 cm³/mol. The third-order valence-corrected chi connectivity index (χ3v) is 3.72. The first-order chi connectivity index (χ1) is 6.75. The Morgan fingerprint density at radius 2 is 2.00 bits per heavy atom. The largest absolute Gasteiger partial charge is 0.392 e. The molecule has 0 aromatic heterocycles. The zero-order valence-corrected chi connectivity index (χ0v) is 9.26. The Labute approximate surface area is 89.5 Å². The first-order valence-electron chi connectivity index (χ1n) is 5.13. The van der Waals surface area contributed by atoms with Gasteiger partial charge in [-0.25, -0.2) is 0 Å². The summed E-state index contributed by atoms with van der Waals surface area (Å²) in [4.78, 5) is 1.26. The zero-order valence-electron chi connectivity index (χ0n) is 8.44. The molecule has 76 valence electrons. The first kappa shape index (κ1) is 10.1. The molecular formula is C12H16OS. The number of hydrogen-bond acceptors (Lipinski definition) is 2. The first-order valence-corrected chi connectivity index (χ1v) is 6.12. The molecule has 0 heterocycles. The van der Waals surface area contributed by atoms with Crippen molar-refractivity contribution in [2.75, 3.05) is 5.75 Å². The van der Waals surface area contributed by atoms with Gasteiger partial charge in [0.05, 0.1) is 6.10 Å². The Morgan fingerprint density at radius 3 is 2.57 bits per heavy atom. The molecule has 14 heavy (non-hydrogen) atoms. The van der Waals surface area contributed by atoms with Crippen molar-refractivity contribution in [1.82, 2.24) is 0 Å². The van der Waals surface area contributed by atoms with Crippen molar-refractivity contribution in [3.63, 3.8) is 0 Å². The fraction of sp³-hybridized carbons (Fsp3) is 0.500. The van der Waals surface area contributed by atoms with Gasteiger partial charge in [0, 0.05) is 10.6 Å². The van der Waals surface area contributed by atoms with Gasteiger partial charge in [0.1, 0.15) is 0 Å². The molecule has 1 aliphatic carbocycles. The summed E-state index contributed by atoms with van der Waals surface area (Å²) in [5.41, 5.74) is 1.29. The second-order valence-electron chi connectivity index (χ2n) is 4.03. The molecule has 0 bridgehead atoms. The van der Waals surface area contributed by atoms with Gasteiger partial charge >= 0.3 is 0 Å². The fourth-order valence-electron chi connectivity index (χ4n) is 1.43. The summed E-state index contributed by atoms with van der Waals surface area (Å²) in [6.45, 7) is 2.09. The van der Waals surface area contributed by atoms with E-state index in [2.05, 4.69) is 31.2 Å². The van der Waals surface area contributed by atoms with E-state index >= 15 is 0 Å². The lowest BCUT2D eigenvalue weighted by Crippen LogP contribution is -2.11. The molecule has 1 aliphatic rings. The van der Waals surface area contributed by atoms with Gasteiger partial charge < -0.3 is 5.11 Å². The highest BCUT2D eigenvalue weighted by Gasteiger charge is 2.29. The molecule has 0 aliphatic heterocycles. The van der Waals surface area contributed by atoms with Crippen LogP contribution in [0, 0.1) is 12.8 Å². The van der Waals surface area contributed by atoms with E-state index < -0.39 is 0 Å². The molecule has 0 amide bonds. The Kier molecular flexibility index (Phi) is 3.14. The van der Waals surface area contributed by atoms with Gasteiger partial charge in [0.2, 0.25) is 0 Å². The maximum Gasteiger partial charge on any atom is 0.0662 e. The second-order valence-corrected chi connectivity index (χ2v) is 5.12. The highest BCUT2D eigenvalue weighted by molar-refractivity contribution is 7.99. The van der Waals surface area contributed by atoms with Crippen LogP contribution in [0.2, 0.25) is 0 Å². The van der Waals surface area contributed by atoms with Crippen molar-refractivity contribution in [3.8, 4) is 0 Å². The van der Waals surface area contributed by atoms with Crippen molar-refractivity contribution < 1.29 is 5.11 Å². The lowest BCUT2D eigenvalue weighted by molar-refractivity contribution is 0.176. The zero-order chi connectivity index (χ0) is 9.97. The van der Waals surface area contributed by atoms with Gasteiger partial charge in [-0.3, -0.25) is 0 Å². The maximum atomic E-state index is 9.68. The average Bonchev–Trinajstić information content (AvgIpc) is 3.00. The van der Waals surface area contributed by atoms with E-state index in [4.69, 9.17) is 0 Å². The third kappa shape index (κ3) is 2.76. The smallest absolute Gasteiger partial charge is 0.0662 e. The number of aryl methyl sites for hydroxylation is 1. The SMILES string of the molecule is Cc1ccc(SCC(O)C2CC2)cc1. The van der Waals surface area contributed by atoms with E-state index in [1.807, 2.05) is 0 Å². The molecule has 0 radical (unpaired) electrons. The van der Waals surface area contributed by atoms with E-state index in [1.54, 1.807) is 11.8 Å². The minimum atomic E-state index is -0.0960. The number of hydrogen-bond donors (Lipinski definition) is 1. The monoisotopic (exact) mass is 208 g/mol. The molecule has 1 nitrogen and oxygen atoms in total. The molecule has 1 saturated carbocycles. The van der Waals surface area contributed by atoms with Crippen LogP contribution < -0.4 is 0 Å². The highest BCUT2D eigenvalue weighted by Crippen LogP contribution is 2.35. The van der Waals surface area contributed by atoms with E-state index in [9.17, 15) is 5.11 Å². The normalized spacial score (nSPS) is 18.1. The quantitative estimate of drug-likeness (QED) is 0.768. The molecule has 1 aromatic rings. The molecule has 2 rings (SSSR count). The predicted octanol–water partition coefficient (Wildman–Crippen LogP) is 2.86. The molecule has 1 atom stereocenters. The fourth-order valence-corrected chi connectivity index (χ4v) is 2.40. The van der Waals surface area contributed by atoms with E-state index in [1.165, 1.54) is 23.3 Å². The number of aliphatic hydroxyl groups excluding tert-OH is 1. The van der Waals surface area contributed by atoms with Gasteiger partial charge in [-0.15, -0.1) is 11.8 Å². The maximum absolute atomic E-state index is 9.68. The number of benzene rings is 1. The molecule has 1 aromatic carbocycles. The molecule has 0 spiro atoms. The Morgan fingerprint density at radius 1 is 1.36 bits per heavy atom. The Hall–Kier alpha value is -0.470. The third-order valence-electron chi connectivity index (χ3n) is 2.61. The summed E-state index contributed by atoms with van der Waals surface area (Å²) in [5.74, 6) is 1.43. The molecule has 0 saturated heterocycles. The van der Waals surface area contributed by atoms with Crippen LogP contribution in [0.5, 0.6) is 0 Å². The van der Waals surface area contributed by atoms with E-state index in [-0.39, 0.29) is 6.10 Å². The Balaban J connectivity index is 1.82. The molecular weight excluding hydrogens is 192 g/mol. The minimum Gasteiger partial charge on any atom is -0.392 e. The van der Waals surface area contributed by atoms with Gasteiger partial charge in [0.15, 0.2) is 0 Å². The highest BCUT2D eigenvalue weighted by atomic mass is 32.2. The van der Waals surface area contributed by atoms with E-state index in [0.29, 0.717) is 5.92 Å². The van der Waals surface area contributed by atoms with Crippen molar-refractivity contribution in [2.45, 2.75) is 30.8 Å². The summed E-state index contributed by atoms with van der Waals surface area (Å²) in [6.07, 6.45) is 2.34. The lowest BCUT2D eigenvalue weighted by Gasteiger charge is -2.08. The van der Waals surface area contributed by atoms with Crippen molar-refractivity contribution in [3.05, 3.63) is 29.8 Å². The topological polar surface area (TPSA) is 20.2 Å². The standard InChI is InChI=1S/C12H16OS/c1-9-2-6-11(7-3-9)14-8-12(13)10-4-5-10/h2-3,6-7,10,12-13H,4-5,8H2,1H3. The van der Waals surface area contributed by atoms with Crippen molar-refractivity contribution >= 4 is 11.8 Å². The number of rotatable bonds is 4. The minimum absolute atomic E-state index is 0.0960. The van der Waals surface area contributed by atoms with Crippen LogP contribution in [0.3, 0.4) is 0 Å². The van der Waals surface area contributed by atoms with Crippen molar-refractivity contribution in [1.29, 1.82) is 0 Å². The average molecular weight is 208 g/mol. The van der Waals surface area contributed by atoms with Gasteiger partial charge in [-0.1, -0.05) is 17.7 Å². The molecule has 1 fully saturated rings. The number of aliphatic hydroxyl groups is 1. The summed E-state index contributed by atoms with van der Waals surface area (Å²) in [7, 11) is 0. The van der Waals surface area contributed by atoms with Crippen LogP contribution in [0.25, 0.3) is 0 Å². The molecule has 2 heteroatoms. The van der Waals surface area contributed by atoms with Crippen LogP contribution in [0.1, 0.15) is 18.4 Å². The Bertz CT molecular complexity index is 290. The second kappa shape index (κ2) is 4.37. The summed E-state index contributed by atoms with van der Waals surface area (Å²) < 4.78 is 0. The summed E-state index contributed by atoms with van der Waals surface area (Å²) in [6, 6.07) is 8.48. The van der Waals surface area contributed by atoms with Crippen LogP contribution in [0.15, 0.2) is 29.2 Å².